The minimum atomic E-state index is 0.102. The summed E-state index contributed by atoms with van der Waals surface area (Å²) < 4.78 is 0. The molecule has 0 radical (unpaired) electrons. The number of hydrogen-bond acceptors (Lipinski definition) is 4. The Morgan fingerprint density at radius 3 is 2.33 bits per heavy atom. The molecule has 0 saturated carbocycles. The van der Waals surface area contributed by atoms with Crippen LogP contribution < -0.4 is 4.90 Å². The molecule has 3 aromatic rings. The van der Waals surface area contributed by atoms with E-state index in [1.54, 1.807) is 0 Å². The largest absolute Gasteiger partial charge is 0.353 e. The summed E-state index contributed by atoms with van der Waals surface area (Å²) in [6.45, 7) is 9.07. The number of carbonyl (C=O) groups is 1. The Hall–Kier alpha value is -3.21. The molecule has 30 heavy (non-hydrogen) atoms. The van der Waals surface area contributed by atoms with Gasteiger partial charge in [0.2, 0.25) is 0 Å². The molecule has 1 aromatic heterocycles. The fourth-order valence-corrected chi connectivity index (χ4v) is 4.10. The summed E-state index contributed by atoms with van der Waals surface area (Å²) in [6.07, 6.45) is 0.812. The third-order valence-corrected chi connectivity index (χ3v) is 5.65. The van der Waals surface area contributed by atoms with Crippen molar-refractivity contribution in [3.05, 3.63) is 88.4 Å². The molecule has 4 rings (SSSR count). The lowest BCUT2D eigenvalue weighted by atomic mass is 10.0. The van der Waals surface area contributed by atoms with Gasteiger partial charge in [-0.15, -0.1) is 0 Å². The summed E-state index contributed by atoms with van der Waals surface area (Å²) in [4.78, 5) is 26.5. The molecule has 1 aliphatic rings. The van der Waals surface area contributed by atoms with Crippen molar-refractivity contribution in [1.29, 1.82) is 0 Å². The number of aromatic nitrogens is 2. The number of nitrogens with zero attached hydrogens (tertiary/aromatic N) is 4. The van der Waals surface area contributed by atoms with Crippen molar-refractivity contribution in [3.63, 3.8) is 0 Å². The van der Waals surface area contributed by atoms with Gasteiger partial charge in [0.05, 0.1) is 0 Å². The molecule has 2 aromatic carbocycles. The Morgan fingerprint density at radius 1 is 0.900 bits per heavy atom. The number of carbonyl (C=O) groups excluding carboxylic acids is 1. The van der Waals surface area contributed by atoms with Crippen molar-refractivity contribution >= 4 is 11.7 Å². The SMILES string of the molecule is Cc1cccc(Cc2c(C)nc(C)nc2N2CCN(C(=O)c3ccccc3)CC2)c1. The van der Waals surface area contributed by atoms with E-state index in [9.17, 15) is 4.79 Å². The van der Waals surface area contributed by atoms with Crippen molar-refractivity contribution in [3.8, 4) is 0 Å². The first-order chi connectivity index (χ1) is 14.5. The normalized spacial score (nSPS) is 14.1. The van der Waals surface area contributed by atoms with Gasteiger partial charge in [0.1, 0.15) is 11.6 Å². The topological polar surface area (TPSA) is 49.3 Å². The number of amides is 1. The van der Waals surface area contributed by atoms with Crippen molar-refractivity contribution in [1.82, 2.24) is 14.9 Å². The summed E-state index contributed by atoms with van der Waals surface area (Å²) in [5, 5.41) is 0. The van der Waals surface area contributed by atoms with Gasteiger partial charge in [0, 0.05) is 49.4 Å². The van der Waals surface area contributed by atoms with E-state index >= 15 is 0 Å². The molecular weight excluding hydrogens is 372 g/mol. The van der Waals surface area contributed by atoms with Crippen LogP contribution in [0.25, 0.3) is 0 Å². The molecule has 154 valence electrons. The molecule has 2 heterocycles. The first-order valence-electron chi connectivity index (χ1n) is 10.5. The molecule has 1 amide bonds. The Labute approximate surface area is 178 Å². The summed E-state index contributed by atoms with van der Waals surface area (Å²) in [5.41, 5.74) is 5.48. The van der Waals surface area contributed by atoms with E-state index in [1.165, 1.54) is 16.7 Å². The standard InChI is InChI=1S/C25H28N4O/c1-18-8-7-9-21(16-18)17-23-19(2)26-20(3)27-24(23)28-12-14-29(15-13-28)25(30)22-10-5-4-6-11-22/h4-11,16H,12-15,17H2,1-3H3. The quantitative estimate of drug-likeness (QED) is 0.665. The lowest BCUT2D eigenvalue weighted by Gasteiger charge is -2.36. The van der Waals surface area contributed by atoms with Crippen LogP contribution in [0.2, 0.25) is 0 Å². The fourth-order valence-electron chi connectivity index (χ4n) is 4.10. The average Bonchev–Trinajstić information content (AvgIpc) is 2.76. The Balaban J connectivity index is 1.54. The first kappa shape index (κ1) is 20.1. The van der Waals surface area contributed by atoms with E-state index in [1.807, 2.05) is 42.2 Å². The lowest BCUT2D eigenvalue weighted by Crippen LogP contribution is -2.49. The van der Waals surface area contributed by atoms with E-state index in [4.69, 9.17) is 4.98 Å². The maximum Gasteiger partial charge on any atom is 0.253 e. The zero-order valence-corrected chi connectivity index (χ0v) is 17.9. The second-order valence-corrected chi connectivity index (χ2v) is 7.97. The molecule has 0 unspecified atom stereocenters. The summed E-state index contributed by atoms with van der Waals surface area (Å²) in [6, 6.07) is 18.1. The number of anilines is 1. The number of rotatable bonds is 4. The Morgan fingerprint density at radius 2 is 1.63 bits per heavy atom. The molecule has 1 fully saturated rings. The summed E-state index contributed by atoms with van der Waals surface area (Å²) in [7, 11) is 0. The second-order valence-electron chi connectivity index (χ2n) is 7.97. The molecule has 1 aliphatic heterocycles. The maximum atomic E-state index is 12.8. The van der Waals surface area contributed by atoms with E-state index in [0.717, 1.165) is 42.4 Å². The van der Waals surface area contributed by atoms with Crippen LogP contribution in [-0.4, -0.2) is 47.0 Å². The predicted molar refractivity (Wildman–Crippen MR) is 120 cm³/mol. The van der Waals surface area contributed by atoms with Crippen LogP contribution >= 0.6 is 0 Å². The molecule has 5 heteroatoms. The Kier molecular flexibility index (Phi) is 5.79. The molecule has 0 N–H and O–H groups in total. The van der Waals surface area contributed by atoms with Gasteiger partial charge in [-0.1, -0.05) is 48.0 Å². The number of piperazine rings is 1. The zero-order valence-electron chi connectivity index (χ0n) is 17.9. The van der Waals surface area contributed by atoms with Crippen molar-refractivity contribution in [2.75, 3.05) is 31.1 Å². The summed E-state index contributed by atoms with van der Waals surface area (Å²) >= 11 is 0. The average molecular weight is 401 g/mol. The zero-order chi connectivity index (χ0) is 21.1. The molecule has 5 nitrogen and oxygen atoms in total. The van der Waals surface area contributed by atoms with Crippen LogP contribution in [0.3, 0.4) is 0 Å². The molecule has 0 atom stereocenters. The van der Waals surface area contributed by atoms with Crippen LogP contribution in [0, 0.1) is 20.8 Å². The van der Waals surface area contributed by atoms with Crippen LogP contribution in [0.15, 0.2) is 54.6 Å². The highest BCUT2D eigenvalue weighted by molar-refractivity contribution is 5.94. The fraction of sp³-hybridized carbons (Fsp3) is 0.320. The van der Waals surface area contributed by atoms with Gasteiger partial charge < -0.3 is 9.80 Å². The van der Waals surface area contributed by atoms with Crippen LogP contribution in [-0.2, 0) is 6.42 Å². The second kappa shape index (κ2) is 8.66. The van der Waals surface area contributed by atoms with E-state index in [0.29, 0.717) is 13.1 Å². The third-order valence-electron chi connectivity index (χ3n) is 5.65. The van der Waals surface area contributed by atoms with Crippen molar-refractivity contribution < 1.29 is 4.79 Å². The van der Waals surface area contributed by atoms with Gasteiger partial charge in [-0.2, -0.15) is 0 Å². The lowest BCUT2D eigenvalue weighted by molar-refractivity contribution is 0.0746. The van der Waals surface area contributed by atoms with Crippen LogP contribution in [0.5, 0.6) is 0 Å². The van der Waals surface area contributed by atoms with Crippen molar-refractivity contribution in [2.24, 2.45) is 0 Å². The highest BCUT2D eigenvalue weighted by Crippen LogP contribution is 2.25. The molecular formula is C25H28N4O. The highest BCUT2D eigenvalue weighted by Gasteiger charge is 2.25. The van der Waals surface area contributed by atoms with E-state index in [2.05, 4.69) is 48.0 Å². The number of benzene rings is 2. The number of hydrogen-bond donors (Lipinski definition) is 0. The van der Waals surface area contributed by atoms with E-state index < -0.39 is 0 Å². The van der Waals surface area contributed by atoms with Gasteiger partial charge in [0.25, 0.3) is 5.91 Å². The monoisotopic (exact) mass is 400 g/mol. The first-order valence-corrected chi connectivity index (χ1v) is 10.5. The van der Waals surface area contributed by atoms with E-state index in [-0.39, 0.29) is 5.91 Å². The molecule has 1 saturated heterocycles. The number of aryl methyl sites for hydroxylation is 3. The molecule has 0 bridgehead atoms. The van der Waals surface area contributed by atoms with Gasteiger partial charge in [-0.3, -0.25) is 4.79 Å². The minimum Gasteiger partial charge on any atom is -0.353 e. The van der Waals surface area contributed by atoms with Crippen LogP contribution in [0.1, 0.15) is 38.6 Å². The minimum absolute atomic E-state index is 0.102. The maximum absolute atomic E-state index is 12.8. The van der Waals surface area contributed by atoms with Gasteiger partial charge in [-0.05, 0) is 38.5 Å². The van der Waals surface area contributed by atoms with Crippen LogP contribution in [0.4, 0.5) is 5.82 Å². The van der Waals surface area contributed by atoms with Gasteiger partial charge in [0.15, 0.2) is 0 Å². The highest BCUT2D eigenvalue weighted by atomic mass is 16.2. The Bertz CT molecular complexity index is 1040. The third kappa shape index (κ3) is 4.35. The smallest absolute Gasteiger partial charge is 0.253 e. The summed E-state index contributed by atoms with van der Waals surface area (Å²) in [5.74, 6) is 1.90. The molecule has 0 aliphatic carbocycles. The van der Waals surface area contributed by atoms with Crippen molar-refractivity contribution in [2.45, 2.75) is 27.2 Å². The molecule has 0 spiro atoms. The van der Waals surface area contributed by atoms with Gasteiger partial charge in [-0.25, -0.2) is 9.97 Å². The predicted octanol–water partition coefficient (Wildman–Crippen LogP) is 3.96. The van der Waals surface area contributed by atoms with Gasteiger partial charge >= 0.3 is 0 Å².